The third-order valence-corrected chi connectivity index (χ3v) is 4.45. The average Bonchev–Trinajstić information content (AvgIpc) is 2.61. The van der Waals surface area contributed by atoms with Gasteiger partial charge in [-0.1, -0.05) is 11.6 Å². The highest BCUT2D eigenvalue weighted by Crippen LogP contribution is 2.30. The molecule has 2 rings (SSSR count). The van der Waals surface area contributed by atoms with E-state index in [1.54, 1.807) is 11.8 Å². The first-order chi connectivity index (χ1) is 12.4. The van der Waals surface area contributed by atoms with Crippen molar-refractivity contribution in [3.8, 4) is 5.75 Å². The molecule has 1 aromatic carbocycles. The van der Waals surface area contributed by atoms with Gasteiger partial charge in [0, 0.05) is 18.7 Å². The Hall–Kier alpha value is -2.19. The Kier molecular flexibility index (Phi) is 6.93. The number of amides is 2. The molecule has 144 valence electrons. The molecular formula is C17H24ClN3O5. The minimum Gasteiger partial charge on any atom is -0.494 e. The highest BCUT2D eigenvalue weighted by atomic mass is 35.5. The third kappa shape index (κ3) is 4.50. The third-order valence-electron chi connectivity index (χ3n) is 4.24. The first kappa shape index (κ1) is 20.1. The van der Waals surface area contributed by atoms with Crippen LogP contribution in [0.4, 0.5) is 10.5 Å². The smallest absolute Gasteiger partial charge is 0.409 e. The molecule has 3 N–H and O–H groups in total. The van der Waals surface area contributed by atoms with Crippen LogP contribution >= 0.6 is 11.6 Å². The molecule has 0 aliphatic carbocycles. The van der Waals surface area contributed by atoms with E-state index in [1.165, 1.54) is 26.4 Å². The van der Waals surface area contributed by atoms with Crippen LogP contribution in [-0.4, -0.2) is 63.0 Å². The van der Waals surface area contributed by atoms with Crippen molar-refractivity contribution in [1.29, 1.82) is 0 Å². The van der Waals surface area contributed by atoms with Gasteiger partial charge in [-0.15, -0.1) is 0 Å². The number of rotatable bonds is 5. The molecule has 2 atom stereocenters. The molecule has 1 aliphatic heterocycles. The number of nitrogens with two attached hydrogens (primary N) is 1. The lowest BCUT2D eigenvalue weighted by molar-refractivity contribution is 0.00453. The Labute approximate surface area is 157 Å². The fourth-order valence-electron chi connectivity index (χ4n) is 2.96. The number of carbonyl (C=O) groups is 2. The van der Waals surface area contributed by atoms with Crippen LogP contribution in [0, 0.1) is 0 Å². The van der Waals surface area contributed by atoms with Crippen molar-refractivity contribution in [3.05, 3.63) is 22.7 Å². The summed E-state index contributed by atoms with van der Waals surface area (Å²) < 4.78 is 15.7. The van der Waals surface area contributed by atoms with Crippen LogP contribution in [0.25, 0.3) is 0 Å². The first-order valence-corrected chi connectivity index (χ1v) is 8.67. The number of anilines is 1. The van der Waals surface area contributed by atoms with Crippen molar-refractivity contribution in [2.75, 3.05) is 39.6 Å². The summed E-state index contributed by atoms with van der Waals surface area (Å²) in [7, 11) is 2.97. The van der Waals surface area contributed by atoms with Crippen molar-refractivity contribution in [1.82, 2.24) is 10.2 Å². The second-order valence-corrected chi connectivity index (χ2v) is 6.30. The average molecular weight is 386 g/mol. The quantitative estimate of drug-likeness (QED) is 0.750. The van der Waals surface area contributed by atoms with Crippen LogP contribution in [0.15, 0.2) is 12.1 Å². The predicted molar refractivity (Wildman–Crippen MR) is 97.7 cm³/mol. The number of likely N-dealkylation sites (tertiary alicyclic amines) is 1. The summed E-state index contributed by atoms with van der Waals surface area (Å²) in [6, 6.07) is 2.75. The van der Waals surface area contributed by atoms with Gasteiger partial charge in [0.15, 0.2) is 5.75 Å². The van der Waals surface area contributed by atoms with E-state index in [0.717, 1.165) is 0 Å². The summed E-state index contributed by atoms with van der Waals surface area (Å²) in [5.74, 6) is -0.0995. The standard InChI is InChI=1S/C17H24ClN3O5/c1-4-26-17(23)21-6-5-13(14(9-21)24-2)20-16(22)11-7-10(18)8-12(19)15(11)25-3/h7-8,13-14H,4-6,9,19H2,1-3H3,(H,20,22). The lowest BCUT2D eigenvalue weighted by Gasteiger charge is -2.37. The second-order valence-electron chi connectivity index (χ2n) is 5.86. The van der Waals surface area contributed by atoms with E-state index in [2.05, 4.69) is 5.32 Å². The van der Waals surface area contributed by atoms with Gasteiger partial charge in [-0.2, -0.15) is 0 Å². The minimum absolute atomic E-state index is 0.250. The number of ether oxygens (including phenoxy) is 3. The van der Waals surface area contributed by atoms with Crippen molar-refractivity contribution in [3.63, 3.8) is 0 Å². The van der Waals surface area contributed by atoms with Crippen molar-refractivity contribution in [2.24, 2.45) is 0 Å². The van der Waals surface area contributed by atoms with Crippen LogP contribution in [0.3, 0.4) is 0 Å². The Balaban J connectivity index is 2.11. The Morgan fingerprint density at radius 3 is 2.73 bits per heavy atom. The number of nitrogens with one attached hydrogen (secondary N) is 1. The van der Waals surface area contributed by atoms with Gasteiger partial charge in [-0.25, -0.2) is 4.79 Å². The number of methoxy groups -OCH3 is 2. The van der Waals surface area contributed by atoms with E-state index in [1.807, 2.05) is 0 Å². The van der Waals surface area contributed by atoms with Crippen LogP contribution in [0.5, 0.6) is 5.75 Å². The monoisotopic (exact) mass is 385 g/mol. The summed E-state index contributed by atoms with van der Waals surface area (Å²) in [4.78, 5) is 26.2. The SMILES string of the molecule is CCOC(=O)N1CCC(NC(=O)c2cc(Cl)cc(N)c2OC)C(OC)C1. The molecule has 1 aromatic rings. The number of nitrogen functional groups attached to an aromatic ring is 1. The molecule has 0 spiro atoms. The van der Waals surface area contributed by atoms with Gasteiger partial charge in [0.2, 0.25) is 0 Å². The van der Waals surface area contributed by atoms with Gasteiger partial charge in [0.25, 0.3) is 5.91 Å². The van der Waals surface area contributed by atoms with E-state index in [-0.39, 0.29) is 41.1 Å². The normalized spacial score (nSPS) is 19.8. The fourth-order valence-corrected chi connectivity index (χ4v) is 3.19. The number of nitrogens with zero attached hydrogens (tertiary/aromatic N) is 1. The molecule has 0 radical (unpaired) electrons. The van der Waals surface area contributed by atoms with Crippen LogP contribution in [0.2, 0.25) is 5.02 Å². The summed E-state index contributed by atoms with van der Waals surface area (Å²) in [5, 5.41) is 3.26. The van der Waals surface area contributed by atoms with Crippen LogP contribution in [0.1, 0.15) is 23.7 Å². The molecule has 1 saturated heterocycles. The van der Waals surface area contributed by atoms with E-state index in [4.69, 9.17) is 31.5 Å². The van der Waals surface area contributed by atoms with Crippen molar-refractivity contribution >= 4 is 29.3 Å². The zero-order chi connectivity index (χ0) is 19.3. The molecule has 2 amide bonds. The van der Waals surface area contributed by atoms with Gasteiger partial charge in [0.05, 0.1) is 43.7 Å². The van der Waals surface area contributed by atoms with E-state index >= 15 is 0 Å². The van der Waals surface area contributed by atoms with Crippen molar-refractivity contribution < 1.29 is 23.8 Å². The maximum Gasteiger partial charge on any atom is 0.409 e. The van der Waals surface area contributed by atoms with Crippen LogP contribution in [-0.2, 0) is 9.47 Å². The number of carbonyl (C=O) groups excluding carboxylic acids is 2. The lowest BCUT2D eigenvalue weighted by Crippen LogP contribution is -2.56. The maximum atomic E-state index is 12.7. The Bertz CT molecular complexity index is 670. The summed E-state index contributed by atoms with van der Waals surface area (Å²) in [6.45, 7) is 2.85. The molecule has 0 bridgehead atoms. The molecule has 1 heterocycles. The lowest BCUT2D eigenvalue weighted by atomic mass is 10.0. The highest BCUT2D eigenvalue weighted by molar-refractivity contribution is 6.31. The number of hydrogen-bond donors (Lipinski definition) is 2. The van der Waals surface area contributed by atoms with E-state index in [9.17, 15) is 9.59 Å². The van der Waals surface area contributed by atoms with Gasteiger partial charge in [-0.05, 0) is 25.5 Å². The molecule has 1 aliphatic rings. The number of halogens is 1. The van der Waals surface area contributed by atoms with Gasteiger partial charge < -0.3 is 30.2 Å². The Morgan fingerprint density at radius 1 is 1.38 bits per heavy atom. The predicted octanol–water partition coefficient (Wildman–Crippen LogP) is 1.91. The second kappa shape index (κ2) is 8.95. The molecular weight excluding hydrogens is 362 g/mol. The van der Waals surface area contributed by atoms with Gasteiger partial charge in [0.1, 0.15) is 0 Å². The highest BCUT2D eigenvalue weighted by Gasteiger charge is 2.33. The van der Waals surface area contributed by atoms with Gasteiger partial charge >= 0.3 is 6.09 Å². The number of piperidine rings is 1. The molecule has 26 heavy (non-hydrogen) atoms. The molecule has 2 unspecified atom stereocenters. The number of hydrogen-bond acceptors (Lipinski definition) is 6. The Morgan fingerprint density at radius 2 is 2.12 bits per heavy atom. The number of benzene rings is 1. The topological polar surface area (TPSA) is 103 Å². The molecule has 9 heteroatoms. The zero-order valence-electron chi connectivity index (χ0n) is 15.1. The molecule has 1 fully saturated rings. The molecule has 0 aromatic heterocycles. The van der Waals surface area contributed by atoms with Crippen LogP contribution < -0.4 is 15.8 Å². The van der Waals surface area contributed by atoms with E-state index < -0.39 is 0 Å². The summed E-state index contributed by atoms with van der Waals surface area (Å²) in [6.07, 6.45) is -0.218. The first-order valence-electron chi connectivity index (χ1n) is 8.29. The zero-order valence-corrected chi connectivity index (χ0v) is 15.8. The maximum absolute atomic E-state index is 12.7. The largest absolute Gasteiger partial charge is 0.494 e. The van der Waals surface area contributed by atoms with Gasteiger partial charge in [-0.3, -0.25) is 4.79 Å². The fraction of sp³-hybridized carbons (Fsp3) is 0.529. The van der Waals surface area contributed by atoms with Crippen molar-refractivity contribution in [2.45, 2.75) is 25.5 Å². The van der Waals surface area contributed by atoms with E-state index in [0.29, 0.717) is 31.1 Å². The summed E-state index contributed by atoms with van der Waals surface area (Å²) in [5.41, 5.74) is 6.40. The molecule has 0 saturated carbocycles. The minimum atomic E-state index is -0.386. The summed E-state index contributed by atoms with van der Waals surface area (Å²) >= 11 is 6.01. The molecule has 8 nitrogen and oxygen atoms in total.